The first-order valence-electron chi connectivity index (χ1n) is 9.33. The summed E-state index contributed by atoms with van der Waals surface area (Å²) in [5.41, 5.74) is 5.41. The van der Waals surface area contributed by atoms with Gasteiger partial charge in [-0.3, -0.25) is 4.68 Å². The van der Waals surface area contributed by atoms with Gasteiger partial charge in [-0.2, -0.15) is 30.3 Å². The van der Waals surface area contributed by atoms with Gasteiger partial charge >= 0.3 is 17.1 Å². The molecule has 4 heteroatoms. The van der Waals surface area contributed by atoms with Crippen LogP contribution in [0.15, 0.2) is 115 Å². The SMILES string of the molecule is [Fe+2].c1cc[cH-]c1.c1ccc(-c2nnn(C[c-]3cccc3)c2-c2ccccc2)cc1. The van der Waals surface area contributed by atoms with E-state index in [0.29, 0.717) is 0 Å². The summed E-state index contributed by atoms with van der Waals surface area (Å²) in [5.74, 6) is 0. The molecule has 0 aliphatic carbocycles. The van der Waals surface area contributed by atoms with Gasteiger partial charge in [-0.1, -0.05) is 65.9 Å². The van der Waals surface area contributed by atoms with Crippen molar-refractivity contribution in [1.29, 1.82) is 0 Å². The summed E-state index contributed by atoms with van der Waals surface area (Å²) in [6, 6.07) is 38.9. The second-order valence-electron chi connectivity index (χ2n) is 6.43. The van der Waals surface area contributed by atoms with Crippen LogP contribution in [0.1, 0.15) is 5.56 Å². The second-order valence-corrected chi connectivity index (χ2v) is 6.43. The summed E-state index contributed by atoms with van der Waals surface area (Å²) in [6.45, 7) is 0.719. The Balaban J connectivity index is 0.000000352. The van der Waals surface area contributed by atoms with Crippen LogP contribution in [0.3, 0.4) is 0 Å². The van der Waals surface area contributed by atoms with E-state index in [9.17, 15) is 0 Å². The third kappa shape index (κ3) is 5.20. The first-order chi connectivity index (χ1) is 13.9. The van der Waals surface area contributed by atoms with Crippen LogP contribution in [0, 0.1) is 0 Å². The summed E-state index contributed by atoms with van der Waals surface area (Å²) >= 11 is 0. The molecule has 0 aliphatic rings. The van der Waals surface area contributed by atoms with Gasteiger partial charge in [0.15, 0.2) is 0 Å². The molecule has 0 spiro atoms. The van der Waals surface area contributed by atoms with Gasteiger partial charge in [-0.05, 0) is 0 Å². The maximum absolute atomic E-state index is 4.46. The van der Waals surface area contributed by atoms with Gasteiger partial charge in [0.25, 0.3) is 0 Å². The Hall–Kier alpha value is -3.20. The van der Waals surface area contributed by atoms with Gasteiger partial charge in [-0.15, -0.1) is 10.7 Å². The first kappa shape index (κ1) is 20.5. The van der Waals surface area contributed by atoms with Crippen LogP contribution in [-0.2, 0) is 23.6 Å². The zero-order valence-corrected chi connectivity index (χ0v) is 17.0. The summed E-state index contributed by atoms with van der Waals surface area (Å²) in [6.07, 6.45) is 0. The minimum Gasteiger partial charge on any atom is -0.251 e. The molecular formula is C25H21FeN3. The van der Waals surface area contributed by atoms with E-state index in [1.807, 2.05) is 83.5 Å². The molecule has 0 saturated carbocycles. The number of hydrogen-bond acceptors (Lipinski definition) is 2. The molecule has 29 heavy (non-hydrogen) atoms. The van der Waals surface area contributed by atoms with Crippen LogP contribution in [0.4, 0.5) is 0 Å². The molecule has 144 valence electrons. The largest absolute Gasteiger partial charge is 2.00 e. The zero-order valence-electron chi connectivity index (χ0n) is 15.9. The Morgan fingerprint density at radius 1 is 0.724 bits per heavy atom. The molecule has 0 bridgehead atoms. The van der Waals surface area contributed by atoms with Crippen LogP contribution >= 0.6 is 0 Å². The van der Waals surface area contributed by atoms with E-state index in [2.05, 4.69) is 46.7 Å². The van der Waals surface area contributed by atoms with Crippen LogP contribution in [0.25, 0.3) is 22.5 Å². The van der Waals surface area contributed by atoms with E-state index in [4.69, 9.17) is 0 Å². The maximum atomic E-state index is 4.46. The molecule has 3 nitrogen and oxygen atoms in total. The Labute approximate surface area is 181 Å². The van der Waals surface area contributed by atoms with Gasteiger partial charge in [0.2, 0.25) is 0 Å². The Morgan fingerprint density at radius 2 is 1.31 bits per heavy atom. The van der Waals surface area contributed by atoms with Crippen LogP contribution in [0.5, 0.6) is 0 Å². The third-order valence-electron chi connectivity index (χ3n) is 4.45. The molecule has 4 aromatic carbocycles. The number of aromatic nitrogens is 3. The molecule has 0 fully saturated rings. The molecule has 0 radical (unpaired) electrons. The van der Waals surface area contributed by atoms with E-state index < -0.39 is 0 Å². The van der Waals surface area contributed by atoms with Crippen LogP contribution in [-0.4, -0.2) is 15.0 Å². The van der Waals surface area contributed by atoms with Crippen molar-refractivity contribution < 1.29 is 17.1 Å². The van der Waals surface area contributed by atoms with Crippen molar-refractivity contribution in [3.63, 3.8) is 0 Å². The molecular weight excluding hydrogens is 398 g/mol. The monoisotopic (exact) mass is 419 g/mol. The zero-order chi connectivity index (χ0) is 19.0. The molecule has 1 heterocycles. The quantitative estimate of drug-likeness (QED) is 0.273. The van der Waals surface area contributed by atoms with E-state index in [0.717, 1.165) is 29.1 Å². The average molecular weight is 419 g/mol. The van der Waals surface area contributed by atoms with Crippen molar-refractivity contribution >= 4 is 0 Å². The van der Waals surface area contributed by atoms with Crippen molar-refractivity contribution in [2.75, 3.05) is 0 Å². The Morgan fingerprint density at radius 3 is 1.86 bits per heavy atom. The molecule has 0 aliphatic heterocycles. The minimum absolute atomic E-state index is 0. The third-order valence-corrected chi connectivity index (χ3v) is 4.45. The number of nitrogens with zero attached hydrogens (tertiary/aromatic N) is 3. The first-order valence-corrected chi connectivity index (χ1v) is 9.33. The van der Waals surface area contributed by atoms with Crippen molar-refractivity contribution in [3.05, 3.63) is 121 Å². The second kappa shape index (κ2) is 10.4. The summed E-state index contributed by atoms with van der Waals surface area (Å²) < 4.78 is 1.98. The topological polar surface area (TPSA) is 30.7 Å². The maximum Gasteiger partial charge on any atom is 2.00 e. The molecule has 5 rings (SSSR count). The van der Waals surface area contributed by atoms with Crippen LogP contribution < -0.4 is 0 Å². The van der Waals surface area contributed by atoms with E-state index in [1.54, 1.807) is 0 Å². The van der Waals surface area contributed by atoms with Gasteiger partial charge in [0, 0.05) is 17.7 Å². The fourth-order valence-corrected chi connectivity index (χ4v) is 3.11. The van der Waals surface area contributed by atoms with Gasteiger partial charge in [0.1, 0.15) is 5.69 Å². The van der Waals surface area contributed by atoms with Gasteiger partial charge in [0.05, 0.1) is 5.69 Å². The molecule has 5 aromatic rings. The van der Waals surface area contributed by atoms with Crippen molar-refractivity contribution in [2.24, 2.45) is 0 Å². The van der Waals surface area contributed by atoms with E-state index >= 15 is 0 Å². The summed E-state index contributed by atoms with van der Waals surface area (Å²) in [5, 5.41) is 8.87. The average Bonchev–Trinajstić information content (AvgIpc) is 3.53. The summed E-state index contributed by atoms with van der Waals surface area (Å²) in [4.78, 5) is 0. The fourth-order valence-electron chi connectivity index (χ4n) is 3.11. The molecule has 0 N–H and O–H groups in total. The minimum atomic E-state index is 0. The molecule has 0 saturated heterocycles. The van der Waals surface area contributed by atoms with Crippen LogP contribution in [0.2, 0.25) is 0 Å². The predicted molar refractivity (Wildman–Crippen MR) is 114 cm³/mol. The standard InChI is InChI=1S/C20H16N3.C5H5.Fe/c1-3-11-17(12-4-1)19-20(18-13-5-2-6-14-18)23(22-21-19)15-16-9-7-8-10-16;1-2-4-5-3-1;/h1-14H,15H2;1-5H;/q2*-1;+2. The normalized spacial score (nSPS) is 9.93. The number of hydrogen-bond donors (Lipinski definition) is 0. The smallest absolute Gasteiger partial charge is 0.251 e. The van der Waals surface area contributed by atoms with Crippen molar-refractivity contribution in [3.8, 4) is 22.5 Å². The Bertz CT molecular complexity index is 1050. The number of rotatable bonds is 4. The predicted octanol–water partition coefficient (Wildman–Crippen LogP) is 5.78. The molecule has 0 amide bonds. The molecule has 0 atom stereocenters. The molecule has 0 unspecified atom stereocenters. The van der Waals surface area contributed by atoms with Crippen molar-refractivity contribution in [1.82, 2.24) is 15.0 Å². The van der Waals surface area contributed by atoms with E-state index in [1.165, 1.54) is 5.56 Å². The van der Waals surface area contributed by atoms with Gasteiger partial charge < -0.3 is 0 Å². The van der Waals surface area contributed by atoms with Crippen molar-refractivity contribution in [2.45, 2.75) is 6.54 Å². The molecule has 1 aromatic heterocycles. The summed E-state index contributed by atoms with van der Waals surface area (Å²) in [7, 11) is 0. The Kier molecular flexibility index (Phi) is 7.34. The van der Waals surface area contributed by atoms with E-state index in [-0.39, 0.29) is 17.1 Å². The fraction of sp³-hybridized carbons (Fsp3) is 0.0400. The number of benzene rings is 2. The van der Waals surface area contributed by atoms with Gasteiger partial charge in [-0.25, -0.2) is 24.3 Å².